The summed E-state index contributed by atoms with van der Waals surface area (Å²) in [6, 6.07) is 12.2. The number of halogens is 1. The second kappa shape index (κ2) is 4.75. The molecule has 0 amide bonds. The summed E-state index contributed by atoms with van der Waals surface area (Å²) in [4.78, 5) is 5.40. The van der Waals surface area contributed by atoms with E-state index in [4.69, 9.17) is 4.84 Å². The fraction of sp³-hybridized carbons (Fsp3) is 0.154. The lowest BCUT2D eigenvalue weighted by Crippen LogP contribution is -2.44. The van der Waals surface area contributed by atoms with Crippen LogP contribution in [0.4, 0.5) is 4.39 Å². The second-order valence-corrected chi connectivity index (χ2v) is 3.31. The number of rotatable bonds is 3. The summed E-state index contributed by atoms with van der Waals surface area (Å²) in [5.74, 6) is -0.248. The highest BCUT2D eigenvalue weighted by atomic mass is 19.1. The summed E-state index contributed by atoms with van der Waals surface area (Å²) >= 11 is 0. The lowest BCUT2D eigenvalue weighted by molar-refractivity contribution is -0.882. The third-order valence-corrected chi connectivity index (χ3v) is 2.24. The Labute approximate surface area is 93.9 Å². The highest BCUT2D eigenvalue weighted by molar-refractivity contribution is 5.56. The Balaban J connectivity index is 2.51. The molecule has 0 aliphatic rings. The van der Waals surface area contributed by atoms with Gasteiger partial charge in [0.15, 0.2) is 6.61 Å². The van der Waals surface area contributed by atoms with Crippen molar-refractivity contribution >= 4 is 0 Å². The lowest BCUT2D eigenvalue weighted by Gasteiger charge is -2.02. The van der Waals surface area contributed by atoms with Gasteiger partial charge in [-0.1, -0.05) is 12.1 Å². The molecule has 1 heterocycles. The van der Waals surface area contributed by atoms with E-state index >= 15 is 0 Å². The second-order valence-electron chi connectivity index (χ2n) is 3.31. The standard InChI is InChI=1S/C13H13FNO/c1-2-16-15-10-6-5-9-13(15)11-7-3-4-8-12(11)14/h3-10H,2H2,1H3/q+1. The first-order valence-electron chi connectivity index (χ1n) is 5.22. The molecule has 0 aliphatic carbocycles. The Hall–Kier alpha value is -1.90. The van der Waals surface area contributed by atoms with E-state index in [-0.39, 0.29) is 5.82 Å². The van der Waals surface area contributed by atoms with Gasteiger partial charge in [-0.05, 0) is 25.1 Å². The van der Waals surface area contributed by atoms with Crippen molar-refractivity contribution in [1.29, 1.82) is 0 Å². The maximum absolute atomic E-state index is 13.6. The van der Waals surface area contributed by atoms with Crippen LogP contribution in [0.2, 0.25) is 0 Å². The van der Waals surface area contributed by atoms with Gasteiger partial charge >= 0.3 is 0 Å². The van der Waals surface area contributed by atoms with Gasteiger partial charge in [-0.25, -0.2) is 4.39 Å². The summed E-state index contributed by atoms with van der Waals surface area (Å²) in [7, 11) is 0. The van der Waals surface area contributed by atoms with Crippen LogP contribution in [-0.2, 0) is 0 Å². The molecule has 2 rings (SSSR count). The van der Waals surface area contributed by atoms with Crippen molar-refractivity contribution in [3.8, 4) is 11.3 Å². The third kappa shape index (κ3) is 2.03. The van der Waals surface area contributed by atoms with Crippen molar-refractivity contribution in [1.82, 2.24) is 0 Å². The van der Waals surface area contributed by atoms with Crippen molar-refractivity contribution in [2.24, 2.45) is 0 Å². The topological polar surface area (TPSA) is 13.1 Å². The fourth-order valence-electron chi connectivity index (χ4n) is 1.56. The zero-order valence-electron chi connectivity index (χ0n) is 9.06. The van der Waals surface area contributed by atoms with Crippen LogP contribution in [0.1, 0.15) is 6.92 Å². The van der Waals surface area contributed by atoms with Crippen LogP contribution in [0.15, 0.2) is 48.7 Å². The van der Waals surface area contributed by atoms with E-state index in [1.54, 1.807) is 23.1 Å². The molecule has 0 N–H and O–H groups in total. The van der Waals surface area contributed by atoms with Gasteiger partial charge in [-0.15, -0.1) is 0 Å². The molecule has 0 aliphatic heterocycles. The van der Waals surface area contributed by atoms with Gasteiger partial charge in [0, 0.05) is 16.9 Å². The predicted octanol–water partition coefficient (Wildman–Crippen LogP) is 2.23. The maximum Gasteiger partial charge on any atom is 0.267 e. The highest BCUT2D eigenvalue weighted by Crippen LogP contribution is 2.18. The third-order valence-electron chi connectivity index (χ3n) is 2.24. The number of hydrogen-bond acceptors (Lipinski definition) is 1. The average molecular weight is 218 g/mol. The van der Waals surface area contributed by atoms with Crippen LogP contribution >= 0.6 is 0 Å². The summed E-state index contributed by atoms with van der Waals surface area (Å²) < 4.78 is 15.2. The molecule has 0 saturated heterocycles. The number of aromatic nitrogens is 1. The van der Waals surface area contributed by atoms with Crippen molar-refractivity contribution in [2.75, 3.05) is 6.61 Å². The molecule has 2 nitrogen and oxygen atoms in total. The number of nitrogens with zero attached hydrogens (tertiary/aromatic N) is 1. The molecule has 0 spiro atoms. The van der Waals surface area contributed by atoms with E-state index in [2.05, 4.69) is 0 Å². The summed E-state index contributed by atoms with van der Waals surface area (Å²) in [5, 5.41) is 0. The Bertz CT molecular complexity index is 485. The minimum absolute atomic E-state index is 0.248. The molecular formula is C13H13FNO+. The number of benzene rings is 1. The quantitative estimate of drug-likeness (QED) is 0.720. The summed E-state index contributed by atoms with van der Waals surface area (Å²) in [6.07, 6.45) is 1.77. The smallest absolute Gasteiger partial charge is 0.267 e. The van der Waals surface area contributed by atoms with Gasteiger partial charge in [-0.3, -0.25) is 4.84 Å². The van der Waals surface area contributed by atoms with E-state index in [1.807, 2.05) is 31.2 Å². The van der Waals surface area contributed by atoms with Gasteiger partial charge in [0.05, 0.1) is 5.56 Å². The molecule has 0 bridgehead atoms. The van der Waals surface area contributed by atoms with E-state index in [1.165, 1.54) is 6.07 Å². The highest BCUT2D eigenvalue weighted by Gasteiger charge is 2.16. The summed E-state index contributed by atoms with van der Waals surface area (Å²) in [5.41, 5.74) is 1.25. The Kier molecular flexibility index (Phi) is 3.15. The minimum atomic E-state index is -0.248. The first-order chi connectivity index (χ1) is 7.83. The monoisotopic (exact) mass is 218 g/mol. The SMILES string of the molecule is CCO[n+]1ccccc1-c1ccccc1F. The molecule has 0 fully saturated rings. The van der Waals surface area contributed by atoms with Gasteiger partial charge in [-0.2, -0.15) is 0 Å². The zero-order valence-corrected chi connectivity index (χ0v) is 9.06. The first-order valence-corrected chi connectivity index (χ1v) is 5.22. The summed E-state index contributed by atoms with van der Waals surface area (Å²) in [6.45, 7) is 2.43. The molecule has 0 atom stereocenters. The predicted molar refractivity (Wildman–Crippen MR) is 59.2 cm³/mol. The minimum Gasteiger partial charge on any atom is -0.271 e. The van der Waals surface area contributed by atoms with Crippen LogP contribution in [0.25, 0.3) is 11.3 Å². The molecule has 0 unspecified atom stereocenters. The Morgan fingerprint density at radius 1 is 1.12 bits per heavy atom. The van der Waals surface area contributed by atoms with Crippen LogP contribution in [-0.4, -0.2) is 6.61 Å². The van der Waals surface area contributed by atoms with Crippen LogP contribution in [0.3, 0.4) is 0 Å². The molecule has 82 valence electrons. The van der Waals surface area contributed by atoms with E-state index in [9.17, 15) is 4.39 Å². The largest absolute Gasteiger partial charge is 0.271 e. The zero-order chi connectivity index (χ0) is 11.4. The molecule has 2 aromatic rings. The molecule has 3 heteroatoms. The van der Waals surface area contributed by atoms with Gasteiger partial charge in [0.1, 0.15) is 5.82 Å². The van der Waals surface area contributed by atoms with Gasteiger partial charge < -0.3 is 0 Å². The fourth-order valence-corrected chi connectivity index (χ4v) is 1.56. The normalized spacial score (nSPS) is 10.1. The Morgan fingerprint density at radius 2 is 1.88 bits per heavy atom. The van der Waals surface area contributed by atoms with E-state index in [0.717, 1.165) is 0 Å². The molecule has 1 aromatic carbocycles. The van der Waals surface area contributed by atoms with Crippen LogP contribution < -0.4 is 9.57 Å². The van der Waals surface area contributed by atoms with Crippen molar-refractivity contribution in [2.45, 2.75) is 6.92 Å². The van der Waals surface area contributed by atoms with Crippen molar-refractivity contribution in [3.05, 3.63) is 54.5 Å². The molecule has 1 aromatic heterocycles. The number of pyridine rings is 1. The van der Waals surface area contributed by atoms with Crippen LogP contribution in [0, 0.1) is 5.82 Å². The van der Waals surface area contributed by atoms with E-state index in [0.29, 0.717) is 17.9 Å². The average Bonchev–Trinajstić information content (AvgIpc) is 2.31. The van der Waals surface area contributed by atoms with Crippen molar-refractivity contribution in [3.63, 3.8) is 0 Å². The lowest BCUT2D eigenvalue weighted by atomic mass is 10.1. The Morgan fingerprint density at radius 3 is 2.62 bits per heavy atom. The van der Waals surface area contributed by atoms with Gasteiger partial charge in [0.25, 0.3) is 5.69 Å². The molecule has 0 radical (unpaired) electrons. The van der Waals surface area contributed by atoms with Gasteiger partial charge in [0.2, 0.25) is 6.20 Å². The van der Waals surface area contributed by atoms with Crippen molar-refractivity contribution < 1.29 is 14.0 Å². The molecular weight excluding hydrogens is 205 g/mol. The number of hydrogen-bond donors (Lipinski definition) is 0. The molecule has 16 heavy (non-hydrogen) atoms. The first kappa shape index (κ1) is 10.6. The van der Waals surface area contributed by atoms with E-state index < -0.39 is 0 Å². The maximum atomic E-state index is 13.6. The molecule has 0 saturated carbocycles. The van der Waals surface area contributed by atoms with Crippen LogP contribution in [0.5, 0.6) is 0 Å².